The number of fused-ring (bicyclic) bond motifs is 1. The van der Waals surface area contributed by atoms with E-state index in [0.717, 1.165) is 19.6 Å². The van der Waals surface area contributed by atoms with Gasteiger partial charge in [-0.15, -0.1) is 0 Å². The van der Waals surface area contributed by atoms with Crippen molar-refractivity contribution in [3.05, 3.63) is 48.0 Å². The van der Waals surface area contributed by atoms with E-state index in [1.807, 2.05) is 0 Å². The molecule has 1 aliphatic rings. The molecule has 1 fully saturated rings. The Hall–Kier alpha value is -1.38. The highest BCUT2D eigenvalue weighted by Crippen LogP contribution is 2.20. The number of nitrogens with zero attached hydrogens (tertiary/aromatic N) is 1. The SMILES string of the molecule is c1ccc2cc([C@@H]3C[N]CCN3)ccc2c1. The molecule has 0 bridgehead atoms. The predicted octanol–water partition coefficient (Wildman–Crippen LogP) is 2.09. The fourth-order valence-electron chi connectivity index (χ4n) is 2.25. The zero-order valence-electron chi connectivity index (χ0n) is 9.19. The van der Waals surface area contributed by atoms with Crippen molar-refractivity contribution in [3.8, 4) is 0 Å². The van der Waals surface area contributed by atoms with E-state index in [4.69, 9.17) is 0 Å². The van der Waals surface area contributed by atoms with E-state index in [9.17, 15) is 0 Å². The van der Waals surface area contributed by atoms with Crippen LogP contribution in [0, 0.1) is 0 Å². The molecule has 16 heavy (non-hydrogen) atoms. The summed E-state index contributed by atoms with van der Waals surface area (Å²) in [4.78, 5) is 0. The first-order chi connectivity index (χ1) is 7.93. The third-order valence-corrected chi connectivity index (χ3v) is 3.15. The Balaban J connectivity index is 1.97. The summed E-state index contributed by atoms with van der Waals surface area (Å²) in [5, 5.41) is 10.6. The van der Waals surface area contributed by atoms with Crippen molar-refractivity contribution in [3.63, 3.8) is 0 Å². The molecule has 0 unspecified atom stereocenters. The van der Waals surface area contributed by atoms with E-state index in [2.05, 4.69) is 53.1 Å². The molecular formula is C14H15N2. The Labute approximate surface area is 95.7 Å². The second kappa shape index (κ2) is 4.24. The van der Waals surface area contributed by atoms with Gasteiger partial charge in [0.15, 0.2) is 0 Å². The third-order valence-electron chi connectivity index (χ3n) is 3.15. The maximum absolute atomic E-state index is 4.45. The standard InChI is InChI=1S/C14H15N2/c1-2-4-12-9-13(6-5-11(12)3-1)14-10-15-7-8-16-14/h1-6,9,14,16H,7-8,10H2/t14-/m0/s1. The first kappa shape index (κ1) is 9.82. The molecule has 2 aromatic rings. The number of piperazine rings is 1. The van der Waals surface area contributed by atoms with Crippen molar-refractivity contribution in [1.82, 2.24) is 10.6 Å². The number of nitrogens with one attached hydrogen (secondary N) is 1. The monoisotopic (exact) mass is 211 g/mol. The first-order valence-electron chi connectivity index (χ1n) is 5.79. The van der Waals surface area contributed by atoms with E-state index in [-0.39, 0.29) is 0 Å². The Morgan fingerprint density at radius 1 is 1.06 bits per heavy atom. The van der Waals surface area contributed by atoms with Crippen LogP contribution in [0.2, 0.25) is 0 Å². The van der Waals surface area contributed by atoms with Crippen LogP contribution in [-0.4, -0.2) is 19.6 Å². The van der Waals surface area contributed by atoms with E-state index >= 15 is 0 Å². The van der Waals surface area contributed by atoms with Crippen molar-refractivity contribution in [2.45, 2.75) is 6.04 Å². The predicted molar refractivity (Wildman–Crippen MR) is 66.6 cm³/mol. The Morgan fingerprint density at radius 3 is 2.75 bits per heavy atom. The average molecular weight is 211 g/mol. The third kappa shape index (κ3) is 1.82. The van der Waals surface area contributed by atoms with Gasteiger partial charge in [-0.2, -0.15) is 0 Å². The molecule has 0 aromatic heterocycles. The lowest BCUT2D eigenvalue weighted by Crippen LogP contribution is -2.38. The average Bonchev–Trinajstić information content (AvgIpc) is 2.39. The molecule has 1 N–H and O–H groups in total. The van der Waals surface area contributed by atoms with E-state index in [0.29, 0.717) is 6.04 Å². The molecule has 2 nitrogen and oxygen atoms in total. The molecular weight excluding hydrogens is 196 g/mol. The fraction of sp³-hybridized carbons (Fsp3) is 0.286. The highest BCUT2D eigenvalue weighted by molar-refractivity contribution is 5.83. The van der Waals surface area contributed by atoms with Crippen molar-refractivity contribution in [2.75, 3.05) is 19.6 Å². The zero-order chi connectivity index (χ0) is 10.8. The summed E-state index contributed by atoms with van der Waals surface area (Å²) in [6, 6.07) is 15.6. The van der Waals surface area contributed by atoms with Gasteiger partial charge in [0.25, 0.3) is 0 Å². The van der Waals surface area contributed by atoms with Gasteiger partial charge in [0.2, 0.25) is 0 Å². The second-order valence-corrected chi connectivity index (χ2v) is 4.24. The number of hydrogen-bond donors (Lipinski definition) is 1. The van der Waals surface area contributed by atoms with Gasteiger partial charge in [-0.25, -0.2) is 5.32 Å². The van der Waals surface area contributed by atoms with Gasteiger partial charge in [0, 0.05) is 25.7 Å². The maximum Gasteiger partial charge on any atom is 0.0464 e. The topological polar surface area (TPSA) is 26.1 Å². The second-order valence-electron chi connectivity index (χ2n) is 4.24. The summed E-state index contributed by atoms with van der Waals surface area (Å²) < 4.78 is 0. The molecule has 1 saturated heterocycles. The molecule has 1 heterocycles. The van der Waals surface area contributed by atoms with Crippen LogP contribution >= 0.6 is 0 Å². The van der Waals surface area contributed by atoms with Crippen LogP contribution in [0.4, 0.5) is 0 Å². The van der Waals surface area contributed by atoms with Gasteiger partial charge in [-0.3, -0.25) is 0 Å². The summed E-state index contributed by atoms with van der Waals surface area (Å²) >= 11 is 0. The smallest absolute Gasteiger partial charge is 0.0464 e. The summed E-state index contributed by atoms with van der Waals surface area (Å²) in [5.74, 6) is 0. The van der Waals surface area contributed by atoms with Crippen LogP contribution in [0.1, 0.15) is 11.6 Å². The quantitative estimate of drug-likeness (QED) is 0.768. The molecule has 81 valence electrons. The summed E-state index contributed by atoms with van der Waals surface area (Å²) in [6.45, 7) is 2.85. The Bertz CT molecular complexity index is 487. The maximum atomic E-state index is 4.45. The normalized spacial score (nSPS) is 21.1. The van der Waals surface area contributed by atoms with Gasteiger partial charge in [-0.1, -0.05) is 36.4 Å². The number of benzene rings is 2. The fourth-order valence-corrected chi connectivity index (χ4v) is 2.25. The van der Waals surface area contributed by atoms with Crippen LogP contribution < -0.4 is 10.6 Å². The van der Waals surface area contributed by atoms with Crippen molar-refractivity contribution >= 4 is 10.8 Å². The molecule has 0 aliphatic carbocycles. The highest BCUT2D eigenvalue weighted by Gasteiger charge is 2.14. The molecule has 3 rings (SSSR count). The van der Waals surface area contributed by atoms with Crippen LogP contribution in [-0.2, 0) is 0 Å². The van der Waals surface area contributed by atoms with Crippen LogP contribution in [0.3, 0.4) is 0 Å². The highest BCUT2D eigenvalue weighted by atomic mass is 15.1. The van der Waals surface area contributed by atoms with Crippen LogP contribution in [0.25, 0.3) is 10.8 Å². The molecule has 1 atom stereocenters. The molecule has 1 aliphatic heterocycles. The van der Waals surface area contributed by atoms with Crippen molar-refractivity contribution in [2.24, 2.45) is 0 Å². The lowest BCUT2D eigenvalue weighted by atomic mass is 10.0. The van der Waals surface area contributed by atoms with E-state index in [1.54, 1.807) is 0 Å². The molecule has 2 heteroatoms. The number of hydrogen-bond acceptors (Lipinski definition) is 1. The summed E-state index contributed by atoms with van der Waals surface area (Å²) in [6.07, 6.45) is 0. The van der Waals surface area contributed by atoms with Crippen molar-refractivity contribution in [1.29, 1.82) is 0 Å². The lowest BCUT2D eigenvalue weighted by molar-refractivity contribution is 0.424. The molecule has 2 aromatic carbocycles. The van der Waals surface area contributed by atoms with Crippen LogP contribution in [0.5, 0.6) is 0 Å². The summed E-state index contributed by atoms with van der Waals surface area (Å²) in [7, 11) is 0. The van der Waals surface area contributed by atoms with E-state index in [1.165, 1.54) is 16.3 Å². The van der Waals surface area contributed by atoms with Gasteiger partial charge in [0.05, 0.1) is 0 Å². The van der Waals surface area contributed by atoms with E-state index < -0.39 is 0 Å². The molecule has 0 spiro atoms. The minimum absolute atomic E-state index is 0.401. The van der Waals surface area contributed by atoms with Crippen LogP contribution in [0.15, 0.2) is 42.5 Å². The van der Waals surface area contributed by atoms with Gasteiger partial charge < -0.3 is 5.32 Å². The largest absolute Gasteiger partial charge is 0.307 e. The first-order valence-corrected chi connectivity index (χ1v) is 5.79. The van der Waals surface area contributed by atoms with Gasteiger partial charge in [-0.05, 0) is 22.4 Å². The Kier molecular flexibility index (Phi) is 2.60. The van der Waals surface area contributed by atoms with Gasteiger partial charge >= 0.3 is 0 Å². The minimum Gasteiger partial charge on any atom is -0.307 e. The van der Waals surface area contributed by atoms with Gasteiger partial charge in [0.1, 0.15) is 0 Å². The lowest BCUT2D eigenvalue weighted by Gasteiger charge is -2.23. The number of rotatable bonds is 1. The summed E-state index contributed by atoms with van der Waals surface area (Å²) in [5.41, 5.74) is 1.35. The zero-order valence-corrected chi connectivity index (χ0v) is 9.19. The molecule has 0 amide bonds. The minimum atomic E-state index is 0.401. The Morgan fingerprint density at radius 2 is 1.94 bits per heavy atom. The molecule has 1 radical (unpaired) electrons. The van der Waals surface area contributed by atoms with Crippen molar-refractivity contribution < 1.29 is 0 Å². The molecule has 0 saturated carbocycles.